The van der Waals surface area contributed by atoms with Gasteiger partial charge in [0.15, 0.2) is 6.54 Å². The molecule has 0 spiro atoms. The summed E-state index contributed by atoms with van der Waals surface area (Å²) in [7, 11) is 0. The van der Waals surface area contributed by atoms with E-state index in [-0.39, 0.29) is 5.91 Å². The van der Waals surface area contributed by atoms with Gasteiger partial charge in [-0.15, -0.1) is 0 Å². The fourth-order valence-electron chi connectivity index (χ4n) is 4.81. The predicted molar refractivity (Wildman–Crippen MR) is 113 cm³/mol. The number of amides is 1. The Hall–Kier alpha value is -2.13. The van der Waals surface area contributed by atoms with Gasteiger partial charge in [0.1, 0.15) is 6.04 Å². The molecule has 2 aromatic rings. The molecule has 1 aliphatic heterocycles. The van der Waals surface area contributed by atoms with Crippen LogP contribution in [0.2, 0.25) is 0 Å². The smallest absolute Gasteiger partial charge is 0.279 e. The first-order valence-corrected chi connectivity index (χ1v) is 10.3. The van der Waals surface area contributed by atoms with Gasteiger partial charge in [0.25, 0.3) is 5.91 Å². The van der Waals surface area contributed by atoms with E-state index < -0.39 is 0 Å². The van der Waals surface area contributed by atoms with Crippen LogP contribution in [0.4, 0.5) is 5.69 Å². The molecule has 0 saturated carbocycles. The molecule has 3 heteroatoms. The standard InChI is InChI=1S/C24H32N2O/c1-4-16-26(17-9-8-15-22(26)21-13-6-5-7-14-21)18-23(27)25-24-19(2)11-10-12-20(24)3/h5-7,10-14,22H,4,8-9,15-18H2,1-3H3/p+1. The lowest BCUT2D eigenvalue weighted by Crippen LogP contribution is -2.57. The number of nitrogens with zero attached hydrogens (tertiary/aromatic N) is 1. The quantitative estimate of drug-likeness (QED) is 0.683. The molecule has 144 valence electrons. The van der Waals surface area contributed by atoms with Crippen LogP contribution in [0.1, 0.15) is 55.3 Å². The maximum absolute atomic E-state index is 13.1. The third-order valence-corrected chi connectivity index (χ3v) is 6.05. The highest BCUT2D eigenvalue weighted by Crippen LogP contribution is 2.38. The van der Waals surface area contributed by atoms with Crippen LogP contribution in [0.5, 0.6) is 0 Å². The third kappa shape index (κ3) is 4.41. The average Bonchev–Trinajstić information content (AvgIpc) is 2.66. The minimum atomic E-state index is 0.142. The zero-order valence-corrected chi connectivity index (χ0v) is 17.0. The number of nitrogens with one attached hydrogen (secondary N) is 1. The zero-order chi connectivity index (χ0) is 19.3. The van der Waals surface area contributed by atoms with E-state index in [0.717, 1.165) is 40.8 Å². The van der Waals surface area contributed by atoms with E-state index in [1.54, 1.807) is 0 Å². The summed E-state index contributed by atoms with van der Waals surface area (Å²) in [6.07, 6.45) is 4.72. The summed E-state index contributed by atoms with van der Waals surface area (Å²) in [5.74, 6) is 0.142. The molecule has 0 bridgehead atoms. The maximum atomic E-state index is 13.1. The van der Waals surface area contributed by atoms with Crippen LogP contribution in [0.25, 0.3) is 0 Å². The molecule has 3 rings (SSSR count). The second-order valence-electron chi connectivity index (χ2n) is 8.06. The Morgan fingerprint density at radius 1 is 1.04 bits per heavy atom. The zero-order valence-electron chi connectivity index (χ0n) is 17.0. The molecule has 0 aliphatic carbocycles. The Morgan fingerprint density at radius 2 is 1.74 bits per heavy atom. The molecule has 1 heterocycles. The Bertz CT molecular complexity index is 747. The minimum Gasteiger partial charge on any atom is -0.321 e. The first kappa shape index (κ1) is 19.6. The van der Waals surface area contributed by atoms with Crippen LogP contribution in [0, 0.1) is 13.8 Å². The first-order chi connectivity index (χ1) is 13.1. The highest BCUT2D eigenvalue weighted by Gasteiger charge is 2.41. The monoisotopic (exact) mass is 365 g/mol. The number of piperidine rings is 1. The first-order valence-electron chi connectivity index (χ1n) is 10.3. The Balaban J connectivity index is 1.85. The fraction of sp³-hybridized carbons (Fsp3) is 0.458. The van der Waals surface area contributed by atoms with E-state index >= 15 is 0 Å². The highest BCUT2D eigenvalue weighted by molar-refractivity contribution is 5.93. The van der Waals surface area contributed by atoms with Gasteiger partial charge in [-0.25, -0.2) is 0 Å². The SMILES string of the molecule is CCC[N+]1(CC(=O)Nc2c(C)cccc2C)CCCCC1c1ccccc1. The van der Waals surface area contributed by atoms with Crippen LogP contribution in [-0.2, 0) is 4.79 Å². The molecular formula is C24H33N2O+. The van der Waals surface area contributed by atoms with Crippen molar-refractivity contribution < 1.29 is 9.28 Å². The second-order valence-corrected chi connectivity index (χ2v) is 8.06. The van der Waals surface area contributed by atoms with Gasteiger partial charge in [-0.05, 0) is 44.2 Å². The number of likely N-dealkylation sites (tertiary alicyclic amines) is 1. The van der Waals surface area contributed by atoms with Crippen molar-refractivity contribution in [2.45, 2.75) is 52.5 Å². The van der Waals surface area contributed by atoms with Crippen molar-refractivity contribution in [3.8, 4) is 0 Å². The van der Waals surface area contributed by atoms with Gasteiger partial charge in [0, 0.05) is 17.7 Å². The largest absolute Gasteiger partial charge is 0.321 e. The molecule has 1 N–H and O–H groups in total. The molecule has 2 unspecified atom stereocenters. The average molecular weight is 366 g/mol. The molecule has 1 fully saturated rings. The normalized spacial score (nSPS) is 22.4. The number of rotatable bonds is 6. The summed E-state index contributed by atoms with van der Waals surface area (Å²) in [4.78, 5) is 13.1. The van der Waals surface area contributed by atoms with Crippen molar-refractivity contribution in [2.24, 2.45) is 0 Å². The van der Waals surface area contributed by atoms with Crippen molar-refractivity contribution in [1.82, 2.24) is 0 Å². The number of anilines is 1. The minimum absolute atomic E-state index is 0.142. The molecule has 0 aromatic heterocycles. The second kappa shape index (κ2) is 8.71. The van der Waals surface area contributed by atoms with E-state index in [1.807, 2.05) is 6.07 Å². The fourth-order valence-corrected chi connectivity index (χ4v) is 4.81. The molecule has 2 atom stereocenters. The van der Waals surface area contributed by atoms with Gasteiger partial charge < -0.3 is 9.80 Å². The number of para-hydroxylation sites is 1. The highest BCUT2D eigenvalue weighted by atomic mass is 16.2. The summed E-state index contributed by atoms with van der Waals surface area (Å²) >= 11 is 0. The van der Waals surface area contributed by atoms with E-state index in [2.05, 4.69) is 68.6 Å². The van der Waals surface area contributed by atoms with Crippen LogP contribution in [-0.4, -0.2) is 30.0 Å². The predicted octanol–water partition coefficient (Wildman–Crippen LogP) is 5.39. The van der Waals surface area contributed by atoms with Gasteiger partial charge in [-0.3, -0.25) is 4.79 Å². The van der Waals surface area contributed by atoms with Crippen LogP contribution < -0.4 is 5.32 Å². The van der Waals surface area contributed by atoms with Crippen LogP contribution >= 0.6 is 0 Å². The van der Waals surface area contributed by atoms with Crippen LogP contribution in [0.15, 0.2) is 48.5 Å². The molecule has 27 heavy (non-hydrogen) atoms. The van der Waals surface area contributed by atoms with Gasteiger partial charge in [-0.2, -0.15) is 0 Å². The molecule has 1 saturated heterocycles. The van der Waals surface area contributed by atoms with Crippen molar-refractivity contribution in [2.75, 3.05) is 25.0 Å². The van der Waals surface area contributed by atoms with E-state index in [0.29, 0.717) is 12.6 Å². The molecule has 0 radical (unpaired) electrons. The number of aryl methyl sites for hydroxylation is 2. The summed E-state index contributed by atoms with van der Waals surface area (Å²) in [5.41, 5.74) is 4.61. The van der Waals surface area contributed by atoms with Gasteiger partial charge in [0.2, 0.25) is 0 Å². The lowest BCUT2D eigenvalue weighted by atomic mass is 9.91. The van der Waals surface area contributed by atoms with E-state index in [9.17, 15) is 4.79 Å². The van der Waals surface area contributed by atoms with Crippen molar-refractivity contribution in [3.63, 3.8) is 0 Å². The Kier molecular flexibility index (Phi) is 6.33. The summed E-state index contributed by atoms with van der Waals surface area (Å²) < 4.78 is 0.886. The summed E-state index contributed by atoms with van der Waals surface area (Å²) in [6, 6.07) is 17.4. The molecule has 3 nitrogen and oxygen atoms in total. The Labute approximate surface area is 164 Å². The molecule has 1 amide bonds. The lowest BCUT2D eigenvalue weighted by Gasteiger charge is -2.47. The van der Waals surface area contributed by atoms with Gasteiger partial charge in [-0.1, -0.05) is 55.5 Å². The number of hydrogen-bond acceptors (Lipinski definition) is 1. The van der Waals surface area contributed by atoms with Crippen molar-refractivity contribution >= 4 is 11.6 Å². The molecule has 2 aromatic carbocycles. The Morgan fingerprint density at radius 3 is 2.41 bits per heavy atom. The van der Waals surface area contributed by atoms with Crippen LogP contribution in [0.3, 0.4) is 0 Å². The van der Waals surface area contributed by atoms with Crippen molar-refractivity contribution in [3.05, 3.63) is 65.2 Å². The number of carbonyl (C=O) groups is 1. The van der Waals surface area contributed by atoms with Gasteiger partial charge >= 0.3 is 0 Å². The number of quaternary nitrogens is 1. The summed E-state index contributed by atoms with van der Waals surface area (Å²) in [6.45, 7) is 9.06. The topological polar surface area (TPSA) is 29.1 Å². The lowest BCUT2D eigenvalue weighted by molar-refractivity contribution is -0.954. The van der Waals surface area contributed by atoms with E-state index in [4.69, 9.17) is 0 Å². The van der Waals surface area contributed by atoms with Crippen molar-refractivity contribution in [1.29, 1.82) is 0 Å². The number of carbonyl (C=O) groups excluding carboxylic acids is 1. The summed E-state index contributed by atoms with van der Waals surface area (Å²) in [5, 5.41) is 3.23. The third-order valence-electron chi connectivity index (χ3n) is 6.05. The van der Waals surface area contributed by atoms with E-state index in [1.165, 1.54) is 24.8 Å². The number of benzene rings is 2. The molecule has 1 aliphatic rings. The molecular weight excluding hydrogens is 332 g/mol. The van der Waals surface area contributed by atoms with Gasteiger partial charge in [0.05, 0.1) is 13.1 Å². The number of hydrogen-bond donors (Lipinski definition) is 1. The maximum Gasteiger partial charge on any atom is 0.279 e.